The van der Waals surface area contributed by atoms with Gasteiger partial charge in [-0.15, -0.1) is 0 Å². The molecule has 1 aliphatic rings. The Balaban J connectivity index is 2.19. The first-order valence-electron chi connectivity index (χ1n) is 4.58. The highest BCUT2D eigenvalue weighted by Crippen LogP contribution is 2.33. The molecule has 1 heterocycles. The molecule has 3 nitrogen and oxygen atoms in total. The molecule has 1 fully saturated rings. The van der Waals surface area contributed by atoms with Crippen LogP contribution in [0.15, 0.2) is 0 Å². The third-order valence-corrected chi connectivity index (χ3v) is 2.44. The molecule has 0 spiro atoms. The zero-order chi connectivity index (χ0) is 8.97. The van der Waals surface area contributed by atoms with Crippen molar-refractivity contribution in [1.82, 2.24) is 0 Å². The monoisotopic (exact) mass is 174 g/mol. The molecular formula is C9H18O3. The number of methoxy groups -OCH3 is 1. The van der Waals surface area contributed by atoms with E-state index in [-0.39, 0.29) is 12.7 Å². The van der Waals surface area contributed by atoms with Crippen LogP contribution in [0.4, 0.5) is 0 Å². The third kappa shape index (κ3) is 2.44. The molecule has 0 amide bonds. The minimum absolute atomic E-state index is 0.262. The minimum Gasteiger partial charge on any atom is -0.396 e. The van der Waals surface area contributed by atoms with Crippen molar-refractivity contribution < 1.29 is 14.6 Å². The van der Waals surface area contributed by atoms with E-state index in [1.807, 2.05) is 0 Å². The molecular weight excluding hydrogens is 156 g/mol. The average Bonchev–Trinajstić information content (AvgIpc) is 2.81. The smallest absolute Gasteiger partial charge is 0.108 e. The summed E-state index contributed by atoms with van der Waals surface area (Å²) in [5.41, 5.74) is 0. The number of ether oxygens (including phenoxy) is 2. The van der Waals surface area contributed by atoms with Crippen molar-refractivity contribution in [2.24, 2.45) is 5.92 Å². The van der Waals surface area contributed by atoms with Gasteiger partial charge in [-0.25, -0.2) is 0 Å². The predicted molar refractivity (Wildman–Crippen MR) is 46.0 cm³/mol. The fourth-order valence-electron chi connectivity index (χ4n) is 1.64. The number of hydrogen-bond acceptors (Lipinski definition) is 3. The van der Waals surface area contributed by atoms with Gasteiger partial charge in [-0.05, 0) is 12.3 Å². The topological polar surface area (TPSA) is 42.0 Å². The fourth-order valence-corrected chi connectivity index (χ4v) is 1.64. The zero-order valence-corrected chi connectivity index (χ0v) is 7.82. The Morgan fingerprint density at radius 1 is 1.58 bits per heavy atom. The number of aliphatic hydroxyl groups is 1. The second-order valence-corrected chi connectivity index (χ2v) is 3.28. The van der Waals surface area contributed by atoms with Crippen molar-refractivity contribution in [3.8, 4) is 0 Å². The maximum Gasteiger partial charge on any atom is 0.108 e. The van der Waals surface area contributed by atoms with Crippen LogP contribution < -0.4 is 0 Å². The van der Waals surface area contributed by atoms with Gasteiger partial charge in [0.15, 0.2) is 0 Å². The molecule has 0 saturated carbocycles. The van der Waals surface area contributed by atoms with E-state index in [0.717, 1.165) is 12.8 Å². The summed E-state index contributed by atoms with van der Waals surface area (Å²) in [7, 11) is 1.69. The van der Waals surface area contributed by atoms with Gasteiger partial charge in [0.25, 0.3) is 0 Å². The Bertz CT molecular complexity index is 127. The highest BCUT2D eigenvalue weighted by molar-refractivity contribution is 4.89. The van der Waals surface area contributed by atoms with E-state index in [0.29, 0.717) is 18.6 Å². The van der Waals surface area contributed by atoms with E-state index in [4.69, 9.17) is 14.6 Å². The molecule has 3 heteroatoms. The van der Waals surface area contributed by atoms with Crippen LogP contribution in [0.5, 0.6) is 0 Å². The molecule has 0 aromatic heterocycles. The second-order valence-electron chi connectivity index (χ2n) is 3.28. The highest BCUT2D eigenvalue weighted by atomic mass is 16.6. The summed E-state index contributed by atoms with van der Waals surface area (Å²) < 4.78 is 10.4. The summed E-state index contributed by atoms with van der Waals surface area (Å²) in [6.07, 6.45) is 2.54. The highest BCUT2D eigenvalue weighted by Gasteiger charge is 2.43. The minimum atomic E-state index is 0.262. The van der Waals surface area contributed by atoms with Crippen molar-refractivity contribution >= 4 is 0 Å². The van der Waals surface area contributed by atoms with Crippen molar-refractivity contribution in [2.75, 3.05) is 20.3 Å². The lowest BCUT2D eigenvalue weighted by Gasteiger charge is -2.08. The normalized spacial score (nSPS) is 30.2. The van der Waals surface area contributed by atoms with Crippen LogP contribution in [-0.2, 0) is 9.47 Å². The number of aliphatic hydroxyl groups excluding tert-OH is 1. The molecule has 3 unspecified atom stereocenters. The van der Waals surface area contributed by atoms with Gasteiger partial charge in [-0.1, -0.05) is 13.3 Å². The molecule has 0 aromatic carbocycles. The lowest BCUT2D eigenvalue weighted by molar-refractivity contribution is 0.170. The Kier molecular flexibility index (Phi) is 3.98. The molecule has 1 aliphatic heterocycles. The molecule has 0 aromatic rings. The van der Waals surface area contributed by atoms with Crippen molar-refractivity contribution in [3.63, 3.8) is 0 Å². The second kappa shape index (κ2) is 4.80. The summed E-state index contributed by atoms with van der Waals surface area (Å²) in [6, 6.07) is 0. The third-order valence-electron chi connectivity index (χ3n) is 2.44. The molecule has 12 heavy (non-hydrogen) atoms. The van der Waals surface area contributed by atoms with Crippen molar-refractivity contribution in [1.29, 1.82) is 0 Å². The first-order valence-corrected chi connectivity index (χ1v) is 4.58. The van der Waals surface area contributed by atoms with E-state index in [9.17, 15) is 0 Å². The van der Waals surface area contributed by atoms with Crippen LogP contribution in [0.25, 0.3) is 0 Å². The zero-order valence-electron chi connectivity index (χ0n) is 7.82. The van der Waals surface area contributed by atoms with Crippen LogP contribution in [0, 0.1) is 5.92 Å². The van der Waals surface area contributed by atoms with Gasteiger partial charge in [-0.3, -0.25) is 0 Å². The average molecular weight is 174 g/mol. The van der Waals surface area contributed by atoms with Gasteiger partial charge < -0.3 is 14.6 Å². The van der Waals surface area contributed by atoms with E-state index in [2.05, 4.69) is 6.92 Å². The summed E-state index contributed by atoms with van der Waals surface area (Å²) in [6.45, 7) is 3.08. The molecule has 0 radical (unpaired) electrons. The standard InChI is InChI=1S/C9H18O3/c1-3-7(4-5-10)9-8(12-9)6-11-2/h7-10H,3-6H2,1-2H3. The van der Waals surface area contributed by atoms with Gasteiger partial charge >= 0.3 is 0 Å². The molecule has 1 N–H and O–H groups in total. The van der Waals surface area contributed by atoms with Crippen molar-refractivity contribution in [2.45, 2.75) is 32.0 Å². The van der Waals surface area contributed by atoms with Crippen molar-refractivity contribution in [3.05, 3.63) is 0 Å². The maximum atomic E-state index is 8.77. The summed E-state index contributed by atoms with van der Waals surface area (Å²) in [4.78, 5) is 0. The van der Waals surface area contributed by atoms with Crippen LogP contribution in [-0.4, -0.2) is 37.6 Å². The lowest BCUT2D eigenvalue weighted by atomic mass is 9.97. The van der Waals surface area contributed by atoms with Crippen LogP contribution >= 0.6 is 0 Å². The predicted octanol–water partition coefficient (Wildman–Crippen LogP) is 0.809. The van der Waals surface area contributed by atoms with Gasteiger partial charge in [0.1, 0.15) is 6.10 Å². The SMILES string of the molecule is CCC(CCO)C1OC1COC. The quantitative estimate of drug-likeness (QED) is 0.606. The fraction of sp³-hybridized carbons (Fsp3) is 1.00. The van der Waals surface area contributed by atoms with E-state index >= 15 is 0 Å². The summed E-state index contributed by atoms with van der Waals surface area (Å²) in [5.74, 6) is 0.509. The first kappa shape index (κ1) is 9.96. The van der Waals surface area contributed by atoms with Crippen LogP contribution in [0.3, 0.4) is 0 Å². The molecule has 0 bridgehead atoms. The Morgan fingerprint density at radius 3 is 2.83 bits per heavy atom. The van der Waals surface area contributed by atoms with Gasteiger partial charge in [0, 0.05) is 13.7 Å². The van der Waals surface area contributed by atoms with Gasteiger partial charge in [0.2, 0.25) is 0 Å². The first-order chi connectivity index (χ1) is 5.83. The molecule has 72 valence electrons. The van der Waals surface area contributed by atoms with E-state index in [1.165, 1.54) is 0 Å². The van der Waals surface area contributed by atoms with Gasteiger partial charge in [-0.2, -0.15) is 0 Å². The number of rotatable bonds is 6. The van der Waals surface area contributed by atoms with Gasteiger partial charge in [0.05, 0.1) is 12.7 Å². The number of epoxide rings is 1. The molecule has 1 saturated heterocycles. The van der Waals surface area contributed by atoms with Crippen LogP contribution in [0.1, 0.15) is 19.8 Å². The Hall–Kier alpha value is -0.120. The Labute approximate surface area is 73.7 Å². The van der Waals surface area contributed by atoms with E-state index in [1.54, 1.807) is 7.11 Å². The van der Waals surface area contributed by atoms with Crippen LogP contribution in [0.2, 0.25) is 0 Å². The largest absolute Gasteiger partial charge is 0.396 e. The lowest BCUT2D eigenvalue weighted by Crippen LogP contribution is -2.14. The maximum absolute atomic E-state index is 8.77. The molecule has 1 rings (SSSR count). The summed E-state index contributed by atoms with van der Waals surface area (Å²) >= 11 is 0. The van der Waals surface area contributed by atoms with E-state index < -0.39 is 0 Å². The molecule has 0 aliphatic carbocycles. The number of hydrogen-bond donors (Lipinski definition) is 1. The Morgan fingerprint density at radius 2 is 2.33 bits per heavy atom. The summed E-state index contributed by atoms with van der Waals surface area (Å²) in [5, 5.41) is 8.77. The molecule has 3 atom stereocenters.